The largest absolute Gasteiger partial charge is 0.507 e. The van der Waals surface area contributed by atoms with E-state index in [9.17, 15) is 14.7 Å². The van der Waals surface area contributed by atoms with Gasteiger partial charge in [0.2, 0.25) is 0 Å². The van der Waals surface area contributed by atoms with Crippen molar-refractivity contribution in [2.24, 2.45) is 0 Å². The third-order valence-electron chi connectivity index (χ3n) is 7.21. The minimum atomic E-state index is -0.838. The van der Waals surface area contributed by atoms with Crippen LogP contribution < -0.4 is 14.4 Å². The maximum absolute atomic E-state index is 13.6. The number of carbonyl (C=O) groups is 2. The first-order valence-electron chi connectivity index (χ1n) is 13.0. The molecule has 1 saturated heterocycles. The van der Waals surface area contributed by atoms with E-state index in [1.165, 1.54) is 19.1 Å². The summed E-state index contributed by atoms with van der Waals surface area (Å²) < 4.78 is 10.8. The van der Waals surface area contributed by atoms with Crippen molar-refractivity contribution in [2.45, 2.75) is 58.4 Å². The van der Waals surface area contributed by atoms with Crippen LogP contribution in [0.2, 0.25) is 0 Å². The van der Waals surface area contributed by atoms with Crippen LogP contribution in [-0.4, -0.2) is 31.0 Å². The van der Waals surface area contributed by atoms with Crippen LogP contribution in [0.4, 0.5) is 5.69 Å². The van der Waals surface area contributed by atoms with E-state index in [2.05, 4.69) is 41.5 Å². The molecule has 6 nitrogen and oxygen atoms in total. The van der Waals surface area contributed by atoms with Gasteiger partial charge >= 0.3 is 0 Å². The number of rotatable bonds is 5. The number of aliphatic hydroxyl groups excluding tert-OH is 1. The Labute approximate surface area is 230 Å². The van der Waals surface area contributed by atoms with Crippen LogP contribution in [0.5, 0.6) is 11.5 Å². The van der Waals surface area contributed by atoms with E-state index in [-0.39, 0.29) is 27.7 Å². The smallest absolute Gasteiger partial charge is 0.300 e. The Bertz CT molecular complexity index is 1420. The highest BCUT2D eigenvalue weighted by Gasteiger charge is 2.47. The Morgan fingerprint density at radius 2 is 1.31 bits per heavy atom. The Kier molecular flexibility index (Phi) is 7.35. The molecule has 39 heavy (non-hydrogen) atoms. The van der Waals surface area contributed by atoms with Crippen LogP contribution in [0.1, 0.15) is 69.8 Å². The van der Waals surface area contributed by atoms with Gasteiger partial charge in [-0.25, -0.2) is 0 Å². The number of methoxy groups -OCH3 is 2. The number of ether oxygens (including phenoxy) is 2. The lowest BCUT2D eigenvalue weighted by molar-refractivity contribution is -0.132. The molecule has 3 aromatic rings. The summed E-state index contributed by atoms with van der Waals surface area (Å²) in [5.41, 5.74) is 3.64. The molecule has 1 atom stereocenters. The molecule has 0 saturated carbocycles. The molecule has 0 spiro atoms. The fraction of sp³-hybridized carbons (Fsp3) is 0.333. The lowest BCUT2D eigenvalue weighted by atomic mass is 9.85. The van der Waals surface area contributed by atoms with E-state index < -0.39 is 17.7 Å². The van der Waals surface area contributed by atoms with Crippen molar-refractivity contribution in [3.63, 3.8) is 0 Å². The molecule has 0 bridgehead atoms. The Balaban J connectivity index is 1.95. The summed E-state index contributed by atoms with van der Waals surface area (Å²) in [6.45, 7) is 12.7. The van der Waals surface area contributed by atoms with E-state index >= 15 is 0 Å². The van der Waals surface area contributed by atoms with Gasteiger partial charge in [0.25, 0.3) is 11.7 Å². The monoisotopic (exact) mass is 527 g/mol. The molecule has 1 heterocycles. The molecule has 1 aliphatic heterocycles. The summed E-state index contributed by atoms with van der Waals surface area (Å²) in [5.74, 6) is -0.942. The van der Waals surface area contributed by atoms with Crippen LogP contribution in [-0.2, 0) is 20.4 Å². The topological polar surface area (TPSA) is 76.1 Å². The number of hydrogen-bond donors (Lipinski definition) is 1. The first-order valence-corrected chi connectivity index (χ1v) is 13.0. The normalized spacial score (nSPS) is 17.4. The summed E-state index contributed by atoms with van der Waals surface area (Å²) in [4.78, 5) is 28.7. The molecule has 1 amide bonds. The SMILES string of the molecule is COc1ccc(OC)c(/C(O)=C2\C(=O)C(=O)N(c3ccc(C(C)(C)C)cc3)C2c2ccc(C(C)(C)C)cc2)c1. The Hall–Kier alpha value is -4.06. The van der Waals surface area contributed by atoms with Crippen LogP contribution in [0.15, 0.2) is 72.3 Å². The summed E-state index contributed by atoms with van der Waals surface area (Å²) >= 11 is 0. The van der Waals surface area contributed by atoms with E-state index in [4.69, 9.17) is 9.47 Å². The van der Waals surface area contributed by atoms with Gasteiger partial charge in [-0.15, -0.1) is 0 Å². The third kappa shape index (κ3) is 5.29. The summed E-state index contributed by atoms with van der Waals surface area (Å²) in [5, 5.41) is 11.6. The second-order valence-corrected chi connectivity index (χ2v) is 11.9. The van der Waals surface area contributed by atoms with Crippen molar-refractivity contribution in [1.29, 1.82) is 0 Å². The van der Waals surface area contributed by atoms with Gasteiger partial charge in [0.15, 0.2) is 0 Å². The van der Waals surface area contributed by atoms with Crippen LogP contribution >= 0.6 is 0 Å². The third-order valence-corrected chi connectivity index (χ3v) is 7.21. The molecule has 1 unspecified atom stereocenters. The van der Waals surface area contributed by atoms with E-state index in [0.717, 1.165) is 11.1 Å². The Morgan fingerprint density at radius 3 is 1.79 bits per heavy atom. The van der Waals surface area contributed by atoms with E-state index in [1.807, 2.05) is 48.5 Å². The standard InChI is InChI=1S/C33H37NO5/c1-32(2,3)21-11-9-20(10-12-21)28-27(29(35)25-19-24(38-7)17-18-26(25)39-8)30(36)31(37)34(28)23-15-13-22(14-16-23)33(4,5)6/h9-19,28,35H,1-8H3/b29-27+. The minimum Gasteiger partial charge on any atom is -0.507 e. The van der Waals surface area contributed by atoms with Gasteiger partial charge in [0.1, 0.15) is 17.3 Å². The molecule has 3 aromatic carbocycles. The number of nitrogens with zero attached hydrogens (tertiary/aromatic N) is 1. The first kappa shape index (κ1) is 28.0. The Morgan fingerprint density at radius 1 is 0.769 bits per heavy atom. The van der Waals surface area contributed by atoms with Crippen LogP contribution in [0.25, 0.3) is 5.76 Å². The molecule has 204 valence electrons. The van der Waals surface area contributed by atoms with Crippen molar-refractivity contribution in [3.05, 3.63) is 94.6 Å². The molecule has 0 aliphatic carbocycles. The number of hydrogen-bond acceptors (Lipinski definition) is 5. The molecule has 1 aliphatic rings. The predicted octanol–water partition coefficient (Wildman–Crippen LogP) is 6.93. The second kappa shape index (κ2) is 10.3. The van der Waals surface area contributed by atoms with Gasteiger partial charge in [0, 0.05) is 5.69 Å². The number of benzene rings is 3. The van der Waals surface area contributed by atoms with Crippen LogP contribution in [0, 0.1) is 0 Å². The molecule has 0 radical (unpaired) electrons. The van der Waals surface area contributed by atoms with Gasteiger partial charge in [-0.1, -0.05) is 77.9 Å². The second-order valence-electron chi connectivity index (χ2n) is 11.9. The van der Waals surface area contributed by atoms with Gasteiger partial charge in [0.05, 0.1) is 31.4 Å². The maximum Gasteiger partial charge on any atom is 0.300 e. The minimum absolute atomic E-state index is 0.00467. The van der Waals surface area contributed by atoms with Gasteiger partial charge in [-0.05, 0) is 57.9 Å². The zero-order valence-corrected chi connectivity index (χ0v) is 24.0. The van der Waals surface area contributed by atoms with Crippen molar-refractivity contribution in [2.75, 3.05) is 19.1 Å². The van der Waals surface area contributed by atoms with Gasteiger partial charge in [-0.3, -0.25) is 14.5 Å². The number of Topliss-reactive ketones (excluding diaryl/α,β-unsaturated/α-hetero) is 1. The fourth-order valence-corrected chi connectivity index (χ4v) is 4.85. The van der Waals surface area contributed by atoms with Gasteiger partial charge < -0.3 is 14.6 Å². The van der Waals surface area contributed by atoms with Crippen molar-refractivity contribution in [1.82, 2.24) is 0 Å². The van der Waals surface area contributed by atoms with E-state index in [1.54, 1.807) is 18.2 Å². The number of anilines is 1. The predicted molar refractivity (Wildman–Crippen MR) is 155 cm³/mol. The highest BCUT2D eigenvalue weighted by Crippen LogP contribution is 2.44. The molecule has 1 N–H and O–H groups in total. The average molecular weight is 528 g/mol. The fourth-order valence-electron chi connectivity index (χ4n) is 4.85. The first-order chi connectivity index (χ1) is 18.3. The lowest BCUT2D eigenvalue weighted by Gasteiger charge is -2.27. The van der Waals surface area contributed by atoms with Crippen molar-refractivity contribution in [3.8, 4) is 11.5 Å². The molecule has 4 rings (SSSR count). The number of amides is 1. The molecular weight excluding hydrogens is 490 g/mol. The number of aliphatic hydroxyl groups is 1. The average Bonchev–Trinajstić information content (AvgIpc) is 3.17. The zero-order valence-electron chi connectivity index (χ0n) is 24.0. The molecule has 6 heteroatoms. The summed E-state index contributed by atoms with van der Waals surface area (Å²) in [6, 6.07) is 19.6. The summed E-state index contributed by atoms with van der Waals surface area (Å²) in [6.07, 6.45) is 0. The summed E-state index contributed by atoms with van der Waals surface area (Å²) in [7, 11) is 3.00. The zero-order chi connectivity index (χ0) is 28.7. The highest BCUT2D eigenvalue weighted by atomic mass is 16.5. The number of carbonyl (C=O) groups excluding carboxylic acids is 2. The number of ketones is 1. The van der Waals surface area contributed by atoms with Crippen LogP contribution in [0.3, 0.4) is 0 Å². The molecular formula is C33H37NO5. The van der Waals surface area contributed by atoms with Crippen molar-refractivity contribution < 1.29 is 24.2 Å². The maximum atomic E-state index is 13.6. The van der Waals surface area contributed by atoms with Gasteiger partial charge in [-0.2, -0.15) is 0 Å². The van der Waals surface area contributed by atoms with E-state index in [0.29, 0.717) is 22.7 Å². The molecule has 1 fully saturated rings. The highest BCUT2D eigenvalue weighted by molar-refractivity contribution is 6.51. The van der Waals surface area contributed by atoms with Crippen molar-refractivity contribution >= 4 is 23.1 Å². The quantitative estimate of drug-likeness (QED) is 0.221. The lowest BCUT2D eigenvalue weighted by Crippen LogP contribution is -2.29. The molecule has 0 aromatic heterocycles.